The van der Waals surface area contributed by atoms with Gasteiger partial charge in [-0.2, -0.15) is 0 Å². The number of para-hydroxylation sites is 2. The third-order valence-corrected chi connectivity index (χ3v) is 11.9. The van der Waals surface area contributed by atoms with E-state index >= 15 is 0 Å². The topological polar surface area (TPSA) is 69.9 Å². The van der Waals surface area contributed by atoms with E-state index in [9.17, 15) is 0 Å². The predicted octanol–water partition coefficient (Wildman–Crippen LogP) is 15.1. The highest BCUT2D eigenvalue weighted by atomic mass is 16.3. The Bertz CT molecular complexity index is 4210. The minimum absolute atomic E-state index is 0.0614. The Kier molecular flexibility index (Phi) is 6.75. The molecule has 0 aliphatic heterocycles. The van der Waals surface area contributed by atoms with Crippen LogP contribution in [0.5, 0.6) is 0 Å². The molecule has 0 amide bonds. The fourth-order valence-electron chi connectivity index (χ4n) is 9.04. The van der Waals surface area contributed by atoms with Gasteiger partial charge in [-0.15, -0.1) is 0 Å². The van der Waals surface area contributed by atoms with Crippen LogP contribution in [-0.2, 0) is 0 Å². The van der Waals surface area contributed by atoms with Crippen LogP contribution in [0.3, 0.4) is 0 Å². The van der Waals surface area contributed by atoms with E-state index in [2.05, 4.69) is 108 Å². The summed E-state index contributed by atoms with van der Waals surface area (Å²) in [5, 5.41) is 5.72. The molecule has 6 heteroatoms. The molecule has 9 aromatic carbocycles. The number of fused-ring (bicyclic) bond motifs is 9. The molecule has 0 radical (unpaired) electrons. The van der Waals surface area contributed by atoms with Crippen molar-refractivity contribution in [1.82, 2.24) is 19.5 Å². The van der Waals surface area contributed by atoms with Crippen LogP contribution in [-0.4, -0.2) is 19.5 Å². The third-order valence-electron chi connectivity index (χ3n) is 11.9. The molecule has 0 unspecified atom stereocenters. The molecule has 0 saturated heterocycles. The Labute approximate surface area is 368 Å². The van der Waals surface area contributed by atoms with Crippen LogP contribution >= 0.6 is 0 Å². The van der Waals surface area contributed by atoms with Gasteiger partial charge in [0.2, 0.25) is 0 Å². The van der Waals surface area contributed by atoms with Gasteiger partial charge in [0, 0.05) is 54.7 Å². The van der Waals surface area contributed by atoms with E-state index in [1.165, 1.54) is 5.56 Å². The minimum Gasteiger partial charge on any atom is -0.456 e. The molecule has 13 rings (SSSR count). The second-order valence-corrected chi connectivity index (χ2v) is 15.6. The zero-order valence-electron chi connectivity index (χ0n) is 38.3. The molecule has 63 heavy (non-hydrogen) atoms. The molecule has 294 valence electrons. The standard InChI is InChI=1S/C57H34N4O2/c1-3-13-35(14-4-1)37-17-11-18-38(31-37)39-26-29-49-46(32-39)42-19-7-9-22-48(42)61(49)41-27-30-51-47(34-41)54-45(21-12-24-52(54)62-51)57-59-55(36-15-5-2-6-16-36)58-56(60-57)40-25-28-44-43-20-8-10-23-50(43)63-53(44)33-40/h1-34H/i2D,5D,6D,15D,16D. The summed E-state index contributed by atoms with van der Waals surface area (Å²) >= 11 is 0. The van der Waals surface area contributed by atoms with Crippen molar-refractivity contribution in [2.24, 2.45) is 0 Å². The van der Waals surface area contributed by atoms with Gasteiger partial charge in [0.05, 0.1) is 17.9 Å². The number of nitrogens with zero attached hydrogens (tertiary/aromatic N) is 4. The smallest absolute Gasteiger partial charge is 0.164 e. The van der Waals surface area contributed by atoms with Crippen molar-refractivity contribution in [1.29, 1.82) is 0 Å². The number of benzene rings is 9. The first-order chi connectivity index (χ1) is 33.3. The van der Waals surface area contributed by atoms with Gasteiger partial charge in [-0.25, -0.2) is 15.0 Å². The van der Waals surface area contributed by atoms with Crippen molar-refractivity contribution in [2.45, 2.75) is 0 Å². The maximum Gasteiger partial charge on any atom is 0.164 e. The SMILES string of the molecule is [2H]c1c([2H])c([2H])c(-c2nc(-c3ccc4c(c3)oc3ccccc34)nc(-c3cccc4oc5ccc(-n6c7ccccc7c7cc(-c8cccc(-c9ccccc9)c8)ccc76)cc5c34)n2)c([2H])c1[2H]. The molecule has 0 aliphatic rings. The van der Waals surface area contributed by atoms with E-state index in [0.29, 0.717) is 27.9 Å². The summed E-state index contributed by atoms with van der Waals surface area (Å²) in [6.45, 7) is 0. The fraction of sp³-hybridized carbons (Fsp3) is 0. The van der Waals surface area contributed by atoms with E-state index in [0.717, 1.165) is 71.3 Å². The molecule has 0 N–H and O–H groups in total. The van der Waals surface area contributed by atoms with E-state index in [1.54, 1.807) is 0 Å². The Morgan fingerprint density at radius 1 is 0.365 bits per heavy atom. The lowest BCUT2D eigenvalue weighted by molar-refractivity contribution is 0.668. The summed E-state index contributed by atoms with van der Waals surface area (Å²) in [7, 11) is 0. The molecule has 6 nitrogen and oxygen atoms in total. The van der Waals surface area contributed by atoms with Crippen molar-refractivity contribution in [3.8, 4) is 62.1 Å². The molecule has 0 aliphatic carbocycles. The van der Waals surface area contributed by atoms with Crippen LogP contribution < -0.4 is 0 Å². The summed E-state index contributed by atoms with van der Waals surface area (Å²) in [5.74, 6) is 0.413. The third kappa shape index (κ3) is 5.76. The first kappa shape index (κ1) is 30.4. The monoisotopic (exact) mass is 811 g/mol. The summed E-state index contributed by atoms with van der Waals surface area (Å²) in [4.78, 5) is 14.8. The highest BCUT2D eigenvalue weighted by molar-refractivity contribution is 6.14. The number of rotatable bonds is 6. The summed E-state index contributed by atoms with van der Waals surface area (Å²) in [6.07, 6.45) is 0. The van der Waals surface area contributed by atoms with Crippen molar-refractivity contribution < 1.29 is 15.7 Å². The largest absolute Gasteiger partial charge is 0.456 e. The number of aromatic nitrogens is 4. The second-order valence-electron chi connectivity index (χ2n) is 15.6. The Morgan fingerprint density at radius 3 is 1.89 bits per heavy atom. The van der Waals surface area contributed by atoms with E-state index in [-0.39, 0.29) is 23.0 Å². The molecule has 0 fully saturated rings. The van der Waals surface area contributed by atoms with Gasteiger partial charge in [0.1, 0.15) is 22.3 Å². The predicted molar refractivity (Wildman–Crippen MR) is 256 cm³/mol. The molecule has 0 spiro atoms. The lowest BCUT2D eigenvalue weighted by Gasteiger charge is -2.10. The average molecular weight is 812 g/mol. The second kappa shape index (κ2) is 14.0. The number of furan rings is 2. The molecule has 0 bridgehead atoms. The lowest BCUT2D eigenvalue weighted by atomic mass is 9.98. The molecule has 0 atom stereocenters. The normalized spacial score (nSPS) is 12.9. The number of hydrogen-bond acceptors (Lipinski definition) is 5. The Hall–Kier alpha value is -8.61. The van der Waals surface area contributed by atoms with Crippen LogP contribution in [0.2, 0.25) is 0 Å². The highest BCUT2D eigenvalue weighted by Gasteiger charge is 2.21. The molecule has 4 aromatic heterocycles. The van der Waals surface area contributed by atoms with Crippen molar-refractivity contribution in [3.63, 3.8) is 0 Å². The van der Waals surface area contributed by atoms with Gasteiger partial charge in [-0.05, 0) is 89.0 Å². The van der Waals surface area contributed by atoms with Crippen LogP contribution in [0.25, 0.3) is 128 Å². The molecular weight excluding hydrogens is 773 g/mol. The minimum atomic E-state index is -0.503. The van der Waals surface area contributed by atoms with Gasteiger partial charge in [0.25, 0.3) is 0 Å². The molecule has 13 aromatic rings. The molecule has 4 heterocycles. The molecular formula is C57H34N4O2. The summed E-state index contributed by atoms with van der Waals surface area (Å²) in [6, 6.07) is 57.2. The van der Waals surface area contributed by atoms with Crippen molar-refractivity contribution in [2.75, 3.05) is 0 Å². The zero-order valence-corrected chi connectivity index (χ0v) is 33.3. The lowest BCUT2D eigenvalue weighted by Crippen LogP contribution is -2.00. The first-order valence-electron chi connectivity index (χ1n) is 23.2. The quantitative estimate of drug-likeness (QED) is 0.167. The zero-order chi connectivity index (χ0) is 45.8. The maximum absolute atomic E-state index is 8.90. The van der Waals surface area contributed by atoms with Crippen LogP contribution in [0.1, 0.15) is 6.85 Å². The van der Waals surface area contributed by atoms with E-state index < -0.39 is 30.2 Å². The van der Waals surface area contributed by atoms with Gasteiger partial charge in [-0.1, -0.05) is 139 Å². The van der Waals surface area contributed by atoms with Crippen molar-refractivity contribution >= 4 is 65.7 Å². The van der Waals surface area contributed by atoms with E-state index in [4.69, 9.17) is 30.6 Å². The van der Waals surface area contributed by atoms with Crippen LogP contribution in [0.4, 0.5) is 0 Å². The summed E-state index contributed by atoms with van der Waals surface area (Å²) in [5.41, 5.74) is 11.3. The average Bonchev–Trinajstić information content (AvgIpc) is 4.06. The maximum atomic E-state index is 8.90. The Balaban J connectivity index is 0.998. The van der Waals surface area contributed by atoms with Crippen molar-refractivity contribution in [3.05, 3.63) is 206 Å². The van der Waals surface area contributed by atoms with E-state index in [1.807, 2.05) is 72.8 Å². The van der Waals surface area contributed by atoms with Gasteiger partial charge >= 0.3 is 0 Å². The van der Waals surface area contributed by atoms with Gasteiger partial charge in [0.15, 0.2) is 17.5 Å². The fourth-order valence-corrected chi connectivity index (χ4v) is 9.04. The van der Waals surface area contributed by atoms with Crippen LogP contribution in [0.15, 0.2) is 215 Å². The number of hydrogen-bond donors (Lipinski definition) is 0. The Morgan fingerprint density at radius 2 is 1.00 bits per heavy atom. The van der Waals surface area contributed by atoms with Gasteiger partial charge < -0.3 is 13.4 Å². The highest BCUT2D eigenvalue weighted by Crippen LogP contribution is 2.41. The summed E-state index contributed by atoms with van der Waals surface area (Å²) < 4.78 is 58.2. The van der Waals surface area contributed by atoms with Crippen LogP contribution in [0, 0.1) is 0 Å². The first-order valence-corrected chi connectivity index (χ1v) is 20.7. The van der Waals surface area contributed by atoms with Gasteiger partial charge in [-0.3, -0.25) is 0 Å². The molecule has 0 saturated carbocycles.